The van der Waals surface area contributed by atoms with E-state index in [1.54, 1.807) is 42.5 Å². The molecule has 0 radical (unpaired) electrons. The average Bonchev–Trinajstić information content (AvgIpc) is 2.66. The predicted molar refractivity (Wildman–Crippen MR) is 97.5 cm³/mol. The number of hydrogen-bond donors (Lipinski definition) is 2. The minimum atomic E-state index is -1.35. The maximum Gasteiger partial charge on any atom is 0.339 e. The van der Waals surface area contributed by atoms with Gasteiger partial charge in [-0.2, -0.15) is 0 Å². The summed E-state index contributed by atoms with van der Waals surface area (Å²) in [6.45, 7) is -0.485. The first-order valence-electron chi connectivity index (χ1n) is 7.64. The maximum atomic E-state index is 12.1. The van der Waals surface area contributed by atoms with Crippen molar-refractivity contribution in [1.82, 2.24) is 5.32 Å². The molecular formula is C18H18N2O5S. The number of anilines is 1. The molecule has 0 aliphatic carbocycles. The Morgan fingerprint density at radius 1 is 1.04 bits per heavy atom. The number of benzene rings is 2. The highest BCUT2D eigenvalue weighted by Gasteiger charge is 2.16. The first kappa shape index (κ1) is 19.3. The van der Waals surface area contributed by atoms with Crippen molar-refractivity contribution in [3.8, 4) is 0 Å². The van der Waals surface area contributed by atoms with E-state index in [9.17, 15) is 18.6 Å². The van der Waals surface area contributed by atoms with E-state index in [0.29, 0.717) is 16.1 Å². The molecular weight excluding hydrogens is 356 g/mol. The topological polar surface area (TPSA) is 102 Å². The summed E-state index contributed by atoms with van der Waals surface area (Å²) in [5.74, 6) is -1.48. The number of amides is 2. The van der Waals surface area contributed by atoms with Crippen molar-refractivity contribution >= 4 is 34.3 Å². The average molecular weight is 374 g/mol. The Morgan fingerprint density at radius 3 is 2.31 bits per heavy atom. The second kappa shape index (κ2) is 8.91. The molecule has 7 nitrogen and oxygen atoms in total. The van der Waals surface area contributed by atoms with E-state index in [0.717, 1.165) is 0 Å². The number of esters is 1. The highest BCUT2D eigenvalue weighted by Crippen LogP contribution is 2.14. The molecule has 0 aliphatic rings. The van der Waals surface area contributed by atoms with Gasteiger partial charge in [0, 0.05) is 24.6 Å². The lowest BCUT2D eigenvalue weighted by molar-refractivity contribution is -0.119. The Labute approximate surface area is 153 Å². The molecule has 8 heteroatoms. The Morgan fingerprint density at radius 2 is 1.69 bits per heavy atom. The lowest BCUT2D eigenvalue weighted by Crippen LogP contribution is -2.21. The van der Waals surface area contributed by atoms with Crippen LogP contribution < -0.4 is 10.6 Å². The monoisotopic (exact) mass is 374 g/mol. The Hall–Kier alpha value is -3.00. The van der Waals surface area contributed by atoms with Gasteiger partial charge in [-0.3, -0.25) is 13.8 Å². The summed E-state index contributed by atoms with van der Waals surface area (Å²) >= 11 is 0. The van der Waals surface area contributed by atoms with Crippen LogP contribution in [0.25, 0.3) is 0 Å². The van der Waals surface area contributed by atoms with Gasteiger partial charge in [0.15, 0.2) is 6.61 Å². The lowest BCUT2D eigenvalue weighted by Gasteiger charge is -2.09. The Bertz CT molecular complexity index is 849. The second-order valence-electron chi connectivity index (χ2n) is 5.23. The van der Waals surface area contributed by atoms with Crippen LogP contribution in [0.15, 0.2) is 53.4 Å². The van der Waals surface area contributed by atoms with Gasteiger partial charge < -0.3 is 15.4 Å². The van der Waals surface area contributed by atoms with Crippen molar-refractivity contribution in [2.45, 2.75) is 4.90 Å². The van der Waals surface area contributed by atoms with Gasteiger partial charge in [0.2, 0.25) is 0 Å². The molecule has 0 aliphatic heterocycles. The molecule has 0 aromatic heterocycles. The van der Waals surface area contributed by atoms with E-state index in [1.165, 1.54) is 19.4 Å². The number of nitrogens with one attached hydrogen (secondary N) is 2. The van der Waals surface area contributed by atoms with Gasteiger partial charge in [0.05, 0.1) is 21.3 Å². The largest absolute Gasteiger partial charge is 0.452 e. The molecule has 0 bridgehead atoms. The van der Waals surface area contributed by atoms with Crippen molar-refractivity contribution < 1.29 is 23.3 Å². The molecule has 136 valence electrons. The molecule has 0 saturated heterocycles. The van der Waals surface area contributed by atoms with Gasteiger partial charge in [-0.25, -0.2) is 4.79 Å². The van der Waals surface area contributed by atoms with E-state index in [4.69, 9.17) is 4.74 Å². The van der Waals surface area contributed by atoms with Crippen molar-refractivity contribution in [2.75, 3.05) is 25.2 Å². The molecule has 26 heavy (non-hydrogen) atoms. The quantitative estimate of drug-likeness (QED) is 0.748. The zero-order chi connectivity index (χ0) is 19.1. The van der Waals surface area contributed by atoms with E-state index >= 15 is 0 Å². The molecule has 1 atom stereocenters. The van der Waals surface area contributed by atoms with E-state index in [2.05, 4.69) is 10.6 Å². The van der Waals surface area contributed by atoms with Gasteiger partial charge in [-0.05, 0) is 36.4 Å². The normalized spacial score (nSPS) is 11.3. The van der Waals surface area contributed by atoms with Crippen LogP contribution in [0.1, 0.15) is 20.7 Å². The van der Waals surface area contributed by atoms with Crippen molar-refractivity contribution in [3.05, 3.63) is 59.7 Å². The first-order valence-corrected chi connectivity index (χ1v) is 9.19. The predicted octanol–water partition coefficient (Wildman–Crippen LogP) is 1.58. The SMILES string of the molecule is CNC(=O)c1ccc(NC(=O)COC(=O)c2ccccc2[S@](C)=O)cc1. The summed E-state index contributed by atoms with van der Waals surface area (Å²) in [6, 6.07) is 12.6. The minimum absolute atomic E-state index is 0.163. The van der Waals surface area contributed by atoms with Crippen molar-refractivity contribution in [2.24, 2.45) is 0 Å². The highest BCUT2D eigenvalue weighted by atomic mass is 32.2. The van der Waals surface area contributed by atoms with Gasteiger partial charge in [0.25, 0.3) is 11.8 Å². The lowest BCUT2D eigenvalue weighted by atomic mass is 10.2. The van der Waals surface area contributed by atoms with Gasteiger partial charge in [0.1, 0.15) is 0 Å². The zero-order valence-electron chi connectivity index (χ0n) is 14.3. The van der Waals surface area contributed by atoms with Crippen LogP contribution in [0.4, 0.5) is 5.69 Å². The summed E-state index contributed by atoms with van der Waals surface area (Å²) in [5.41, 5.74) is 1.09. The highest BCUT2D eigenvalue weighted by molar-refractivity contribution is 7.84. The Kier molecular flexibility index (Phi) is 6.62. The third-order valence-corrected chi connectivity index (χ3v) is 4.38. The van der Waals surface area contributed by atoms with Crippen LogP contribution in [-0.2, 0) is 20.3 Å². The molecule has 2 N–H and O–H groups in total. The number of carbonyl (C=O) groups is 3. The fourth-order valence-corrected chi connectivity index (χ4v) is 2.87. The molecule has 2 aromatic rings. The molecule has 2 rings (SSSR count). The number of hydrogen-bond acceptors (Lipinski definition) is 5. The van der Waals surface area contributed by atoms with Gasteiger partial charge in [-0.1, -0.05) is 12.1 Å². The summed E-state index contributed by atoms with van der Waals surface area (Å²) < 4.78 is 16.6. The van der Waals surface area contributed by atoms with Gasteiger partial charge >= 0.3 is 5.97 Å². The summed E-state index contributed by atoms with van der Waals surface area (Å²) in [5, 5.41) is 5.06. The van der Waals surface area contributed by atoms with Crippen molar-refractivity contribution in [1.29, 1.82) is 0 Å². The third-order valence-electron chi connectivity index (χ3n) is 3.41. The number of carbonyl (C=O) groups excluding carboxylic acids is 3. The van der Waals surface area contributed by atoms with Crippen LogP contribution in [0.5, 0.6) is 0 Å². The molecule has 0 spiro atoms. The van der Waals surface area contributed by atoms with Gasteiger partial charge in [-0.15, -0.1) is 0 Å². The van der Waals surface area contributed by atoms with Crippen LogP contribution in [0, 0.1) is 0 Å². The van der Waals surface area contributed by atoms with Crippen LogP contribution in [0.2, 0.25) is 0 Å². The summed E-state index contributed by atoms with van der Waals surface area (Å²) in [7, 11) is 0.178. The van der Waals surface area contributed by atoms with E-state index < -0.39 is 29.3 Å². The summed E-state index contributed by atoms with van der Waals surface area (Å²) in [6.07, 6.45) is 1.46. The minimum Gasteiger partial charge on any atom is -0.452 e. The standard InChI is InChI=1S/C18H18N2O5S/c1-19-17(22)12-7-9-13(10-8-12)20-16(21)11-25-18(23)14-5-3-4-6-15(14)26(2)24/h3-10H,11H2,1-2H3,(H,19,22)(H,20,21)/t26-/m0/s1. The number of rotatable bonds is 6. The fraction of sp³-hybridized carbons (Fsp3) is 0.167. The van der Waals surface area contributed by atoms with Crippen molar-refractivity contribution in [3.63, 3.8) is 0 Å². The van der Waals surface area contributed by atoms with E-state index in [-0.39, 0.29) is 11.5 Å². The Balaban J connectivity index is 1.94. The maximum absolute atomic E-state index is 12.1. The van der Waals surface area contributed by atoms with Crippen LogP contribution in [-0.4, -0.2) is 41.9 Å². The molecule has 0 heterocycles. The summed E-state index contributed by atoms with van der Waals surface area (Å²) in [4.78, 5) is 35.8. The molecule has 2 amide bonds. The third kappa shape index (κ3) is 5.00. The van der Waals surface area contributed by atoms with Crippen LogP contribution in [0.3, 0.4) is 0 Å². The number of ether oxygens (including phenoxy) is 1. The molecule has 0 fully saturated rings. The smallest absolute Gasteiger partial charge is 0.339 e. The van der Waals surface area contributed by atoms with E-state index in [1.807, 2.05) is 0 Å². The molecule has 2 aromatic carbocycles. The zero-order valence-corrected chi connectivity index (χ0v) is 15.1. The first-order chi connectivity index (χ1) is 12.4. The molecule has 0 saturated carbocycles. The molecule has 0 unspecified atom stereocenters. The fourth-order valence-electron chi connectivity index (χ4n) is 2.14. The second-order valence-corrected chi connectivity index (χ2v) is 6.58. The van der Waals surface area contributed by atoms with Crippen LogP contribution >= 0.6 is 0 Å².